The van der Waals surface area contributed by atoms with E-state index in [9.17, 15) is 19.5 Å². The molecule has 0 spiro atoms. The van der Waals surface area contributed by atoms with Crippen LogP contribution in [0.4, 0.5) is 4.79 Å². The van der Waals surface area contributed by atoms with E-state index >= 15 is 0 Å². The predicted molar refractivity (Wildman–Crippen MR) is 119 cm³/mol. The van der Waals surface area contributed by atoms with E-state index in [1.165, 1.54) is 0 Å². The quantitative estimate of drug-likeness (QED) is 0.598. The van der Waals surface area contributed by atoms with Crippen LogP contribution in [-0.4, -0.2) is 54.5 Å². The molecule has 8 nitrogen and oxygen atoms in total. The fourth-order valence-corrected chi connectivity index (χ4v) is 4.85. The molecule has 0 aromatic heterocycles. The molecular formula is C25H26N2O6. The molecule has 5 rings (SSSR count). The van der Waals surface area contributed by atoms with Crippen LogP contribution in [0.2, 0.25) is 0 Å². The summed E-state index contributed by atoms with van der Waals surface area (Å²) in [4.78, 5) is 36.8. The zero-order chi connectivity index (χ0) is 22.9. The first-order valence-electron chi connectivity index (χ1n) is 11.3. The van der Waals surface area contributed by atoms with Gasteiger partial charge in [0, 0.05) is 12.5 Å². The molecule has 2 amide bonds. The SMILES string of the molecule is O=C(NC(C(=O)NC1CCOC1C(=O)O)C1CC1)OCC1c2ccccc2-c2ccccc21. The highest BCUT2D eigenvalue weighted by Gasteiger charge is 2.41. The normalized spacial score (nSPS) is 22.2. The van der Waals surface area contributed by atoms with Gasteiger partial charge in [-0.1, -0.05) is 48.5 Å². The minimum atomic E-state index is -1.11. The Morgan fingerprint density at radius 2 is 1.64 bits per heavy atom. The highest BCUT2D eigenvalue weighted by molar-refractivity contribution is 5.87. The van der Waals surface area contributed by atoms with Gasteiger partial charge in [0.15, 0.2) is 6.10 Å². The average Bonchev–Trinajstić information content (AvgIpc) is 3.46. The summed E-state index contributed by atoms with van der Waals surface area (Å²) in [7, 11) is 0. The number of rotatable bonds is 7. The summed E-state index contributed by atoms with van der Waals surface area (Å²) >= 11 is 0. The van der Waals surface area contributed by atoms with Crippen molar-refractivity contribution >= 4 is 18.0 Å². The maximum atomic E-state index is 12.8. The van der Waals surface area contributed by atoms with E-state index in [1.807, 2.05) is 36.4 Å². The number of ether oxygens (including phenoxy) is 2. The van der Waals surface area contributed by atoms with Crippen molar-refractivity contribution < 1.29 is 29.0 Å². The van der Waals surface area contributed by atoms with Gasteiger partial charge in [0.25, 0.3) is 0 Å². The lowest BCUT2D eigenvalue weighted by atomic mass is 9.98. The molecule has 0 bridgehead atoms. The molecule has 1 aliphatic heterocycles. The van der Waals surface area contributed by atoms with Crippen LogP contribution < -0.4 is 10.6 Å². The molecule has 3 atom stereocenters. The molecular weight excluding hydrogens is 424 g/mol. The molecule has 8 heteroatoms. The van der Waals surface area contributed by atoms with E-state index in [1.54, 1.807) is 0 Å². The Kier molecular flexibility index (Phi) is 5.76. The number of carbonyl (C=O) groups is 3. The van der Waals surface area contributed by atoms with Crippen molar-refractivity contribution in [1.29, 1.82) is 0 Å². The number of amides is 2. The van der Waals surface area contributed by atoms with E-state index in [0.29, 0.717) is 6.42 Å². The van der Waals surface area contributed by atoms with Gasteiger partial charge < -0.3 is 25.2 Å². The van der Waals surface area contributed by atoms with Crippen LogP contribution in [0.3, 0.4) is 0 Å². The molecule has 1 heterocycles. The van der Waals surface area contributed by atoms with E-state index in [2.05, 4.69) is 22.8 Å². The van der Waals surface area contributed by atoms with Crippen molar-refractivity contribution in [2.24, 2.45) is 5.92 Å². The van der Waals surface area contributed by atoms with E-state index in [-0.39, 0.29) is 25.0 Å². The summed E-state index contributed by atoms with van der Waals surface area (Å²) in [6, 6.07) is 14.8. The number of nitrogens with one attached hydrogen (secondary N) is 2. The molecule has 1 saturated heterocycles. The highest BCUT2D eigenvalue weighted by atomic mass is 16.5. The maximum absolute atomic E-state index is 12.8. The second kappa shape index (κ2) is 8.86. The Labute approximate surface area is 191 Å². The van der Waals surface area contributed by atoms with Crippen molar-refractivity contribution in [1.82, 2.24) is 10.6 Å². The number of hydrogen-bond donors (Lipinski definition) is 3. The molecule has 2 aromatic carbocycles. The lowest BCUT2D eigenvalue weighted by molar-refractivity contribution is -0.148. The summed E-state index contributed by atoms with van der Waals surface area (Å²) in [5.41, 5.74) is 4.51. The van der Waals surface area contributed by atoms with Gasteiger partial charge in [0.05, 0.1) is 6.04 Å². The minimum Gasteiger partial charge on any atom is -0.479 e. The summed E-state index contributed by atoms with van der Waals surface area (Å²) in [6.45, 7) is 0.437. The van der Waals surface area contributed by atoms with Crippen LogP contribution in [0.15, 0.2) is 48.5 Å². The molecule has 2 fully saturated rings. The third-order valence-electron chi connectivity index (χ3n) is 6.66. The molecule has 0 radical (unpaired) electrons. The second-order valence-electron chi connectivity index (χ2n) is 8.82. The largest absolute Gasteiger partial charge is 0.479 e. The van der Waals surface area contributed by atoms with Gasteiger partial charge in [-0.25, -0.2) is 9.59 Å². The minimum absolute atomic E-state index is 0.0241. The second-order valence-corrected chi connectivity index (χ2v) is 8.82. The lowest BCUT2D eigenvalue weighted by Crippen LogP contribution is -2.53. The van der Waals surface area contributed by atoms with Gasteiger partial charge in [-0.3, -0.25) is 4.79 Å². The Morgan fingerprint density at radius 3 is 2.24 bits per heavy atom. The number of aliphatic carboxylic acids is 1. The molecule has 3 aliphatic rings. The van der Waals surface area contributed by atoms with Crippen LogP contribution in [-0.2, 0) is 19.1 Å². The molecule has 3 N–H and O–H groups in total. The van der Waals surface area contributed by atoms with Gasteiger partial charge in [-0.2, -0.15) is 0 Å². The molecule has 3 unspecified atom stereocenters. The fraction of sp³-hybridized carbons (Fsp3) is 0.400. The average molecular weight is 450 g/mol. The number of carbonyl (C=O) groups excluding carboxylic acids is 2. The lowest BCUT2D eigenvalue weighted by Gasteiger charge is -2.22. The van der Waals surface area contributed by atoms with Gasteiger partial charge in [0.2, 0.25) is 5.91 Å². The first-order valence-corrected chi connectivity index (χ1v) is 11.3. The standard InChI is InChI=1S/C25H26N2O6/c28-23(26-20-11-12-32-22(20)24(29)30)21(14-9-10-14)27-25(31)33-13-19-17-7-3-1-5-15(17)16-6-2-4-8-18(16)19/h1-8,14,19-22H,9-13H2,(H,26,28)(H,27,31)(H,29,30). The molecule has 1 saturated carbocycles. The number of alkyl carbamates (subject to hydrolysis) is 1. The summed E-state index contributed by atoms with van der Waals surface area (Å²) in [5, 5.41) is 14.7. The number of hydrogen-bond acceptors (Lipinski definition) is 5. The summed E-state index contributed by atoms with van der Waals surface area (Å²) in [5.74, 6) is -1.54. The van der Waals surface area contributed by atoms with Crippen molar-refractivity contribution in [3.05, 3.63) is 59.7 Å². The third kappa shape index (κ3) is 4.30. The number of carboxylic acid groups (broad SMARTS) is 1. The molecule has 2 aliphatic carbocycles. The number of benzene rings is 2. The van der Waals surface area contributed by atoms with Crippen molar-refractivity contribution in [3.8, 4) is 11.1 Å². The first kappa shape index (κ1) is 21.5. The third-order valence-corrected chi connectivity index (χ3v) is 6.66. The Bertz CT molecular complexity index is 1040. The Hall–Kier alpha value is -3.39. The fourth-order valence-electron chi connectivity index (χ4n) is 4.85. The van der Waals surface area contributed by atoms with Gasteiger partial charge in [-0.05, 0) is 47.4 Å². The van der Waals surface area contributed by atoms with Crippen LogP contribution in [0.25, 0.3) is 11.1 Å². The number of fused-ring (bicyclic) bond motifs is 3. The van der Waals surface area contributed by atoms with Gasteiger partial charge in [0.1, 0.15) is 12.6 Å². The topological polar surface area (TPSA) is 114 Å². The summed E-state index contributed by atoms with van der Waals surface area (Å²) < 4.78 is 10.8. The molecule has 172 valence electrons. The Balaban J connectivity index is 1.22. The summed E-state index contributed by atoms with van der Waals surface area (Å²) in [6.07, 6.45) is 0.353. The van der Waals surface area contributed by atoms with E-state index in [0.717, 1.165) is 35.1 Å². The van der Waals surface area contributed by atoms with Crippen LogP contribution in [0.5, 0.6) is 0 Å². The molecule has 2 aromatic rings. The molecule has 33 heavy (non-hydrogen) atoms. The van der Waals surface area contributed by atoms with Crippen molar-refractivity contribution in [2.75, 3.05) is 13.2 Å². The van der Waals surface area contributed by atoms with Crippen molar-refractivity contribution in [2.45, 2.75) is 43.4 Å². The van der Waals surface area contributed by atoms with Crippen LogP contribution in [0.1, 0.15) is 36.3 Å². The van der Waals surface area contributed by atoms with E-state index in [4.69, 9.17) is 9.47 Å². The first-order chi connectivity index (χ1) is 16.0. The van der Waals surface area contributed by atoms with E-state index < -0.39 is 36.2 Å². The van der Waals surface area contributed by atoms with Gasteiger partial charge >= 0.3 is 12.1 Å². The number of carboxylic acids is 1. The zero-order valence-corrected chi connectivity index (χ0v) is 18.0. The zero-order valence-electron chi connectivity index (χ0n) is 18.0. The smallest absolute Gasteiger partial charge is 0.407 e. The van der Waals surface area contributed by atoms with Crippen LogP contribution in [0, 0.1) is 5.92 Å². The Morgan fingerprint density at radius 1 is 1.00 bits per heavy atom. The highest BCUT2D eigenvalue weighted by Crippen LogP contribution is 2.44. The van der Waals surface area contributed by atoms with Gasteiger partial charge in [-0.15, -0.1) is 0 Å². The monoisotopic (exact) mass is 450 g/mol. The van der Waals surface area contributed by atoms with Crippen LogP contribution >= 0.6 is 0 Å². The van der Waals surface area contributed by atoms with Crippen molar-refractivity contribution in [3.63, 3.8) is 0 Å². The maximum Gasteiger partial charge on any atom is 0.407 e. The predicted octanol–water partition coefficient (Wildman–Crippen LogP) is 2.66.